The summed E-state index contributed by atoms with van der Waals surface area (Å²) in [4.78, 5) is 28.6. The van der Waals surface area contributed by atoms with Gasteiger partial charge in [0.05, 0.1) is 0 Å². The van der Waals surface area contributed by atoms with Crippen LogP contribution in [0.3, 0.4) is 0 Å². The monoisotopic (exact) mass is 374 g/mol. The zero-order chi connectivity index (χ0) is 19.1. The molecule has 1 unspecified atom stereocenters. The average molecular weight is 374 g/mol. The van der Waals surface area contributed by atoms with Crippen molar-refractivity contribution < 1.29 is 19.1 Å². The van der Waals surface area contributed by atoms with Crippen LogP contribution in [0.2, 0.25) is 0 Å². The van der Waals surface area contributed by atoms with Gasteiger partial charge in [0, 0.05) is 32.8 Å². The highest BCUT2D eigenvalue weighted by Crippen LogP contribution is 2.17. The lowest BCUT2D eigenvalue weighted by Crippen LogP contribution is -2.42. The van der Waals surface area contributed by atoms with E-state index in [0.717, 1.165) is 32.1 Å². The van der Waals surface area contributed by atoms with Crippen LogP contribution in [0.25, 0.3) is 0 Å². The molecule has 2 fully saturated rings. The second-order valence-electron chi connectivity index (χ2n) is 7.24. The second-order valence-corrected chi connectivity index (χ2v) is 7.24. The summed E-state index contributed by atoms with van der Waals surface area (Å²) in [5.41, 5.74) is 1.28. The van der Waals surface area contributed by atoms with Gasteiger partial charge < -0.3 is 19.3 Å². The van der Waals surface area contributed by atoms with E-state index in [1.54, 1.807) is 4.90 Å². The van der Waals surface area contributed by atoms with E-state index >= 15 is 0 Å². The summed E-state index contributed by atoms with van der Waals surface area (Å²) in [6, 6.07) is 7.93. The zero-order valence-electron chi connectivity index (χ0n) is 16.2. The van der Waals surface area contributed by atoms with E-state index in [1.165, 1.54) is 5.56 Å². The molecule has 2 saturated heterocycles. The van der Waals surface area contributed by atoms with Crippen molar-refractivity contribution in [2.75, 3.05) is 39.4 Å². The van der Waals surface area contributed by atoms with Crippen LogP contribution in [-0.2, 0) is 20.7 Å². The Kier molecular flexibility index (Phi) is 7.10. The van der Waals surface area contributed by atoms with Crippen LogP contribution < -0.4 is 4.74 Å². The van der Waals surface area contributed by atoms with Crippen molar-refractivity contribution in [2.45, 2.75) is 45.1 Å². The Bertz CT molecular complexity index is 626. The van der Waals surface area contributed by atoms with Crippen molar-refractivity contribution in [3.05, 3.63) is 29.8 Å². The molecule has 0 bridgehead atoms. The molecule has 1 aromatic rings. The standard InChI is InChI=1S/C21H30N2O4/c1-2-5-17-7-9-18(10-8-17)27-16-20(24)22-11-4-12-23(14-13-22)21(25)19-6-3-15-26-19/h7-10,19H,2-6,11-16H2,1H3. The van der Waals surface area contributed by atoms with Gasteiger partial charge in [-0.1, -0.05) is 25.5 Å². The lowest BCUT2D eigenvalue weighted by Gasteiger charge is -2.24. The lowest BCUT2D eigenvalue weighted by atomic mass is 10.1. The molecular formula is C21H30N2O4. The number of hydrogen-bond acceptors (Lipinski definition) is 4. The second kappa shape index (κ2) is 9.74. The van der Waals surface area contributed by atoms with Crippen LogP contribution in [0.4, 0.5) is 0 Å². The Morgan fingerprint density at radius 2 is 1.81 bits per heavy atom. The van der Waals surface area contributed by atoms with Gasteiger partial charge in [-0.05, 0) is 43.4 Å². The summed E-state index contributed by atoms with van der Waals surface area (Å²) in [5, 5.41) is 0. The topological polar surface area (TPSA) is 59.1 Å². The number of hydrogen-bond donors (Lipinski definition) is 0. The first-order valence-electron chi connectivity index (χ1n) is 10.1. The summed E-state index contributed by atoms with van der Waals surface area (Å²) in [6.45, 7) is 5.32. The Balaban J connectivity index is 1.45. The SMILES string of the molecule is CCCc1ccc(OCC(=O)N2CCCN(C(=O)C3CCCO3)CC2)cc1. The van der Waals surface area contributed by atoms with Crippen molar-refractivity contribution in [3.63, 3.8) is 0 Å². The number of ether oxygens (including phenoxy) is 2. The van der Waals surface area contributed by atoms with Gasteiger partial charge in [-0.25, -0.2) is 0 Å². The van der Waals surface area contributed by atoms with Gasteiger partial charge in [0.15, 0.2) is 6.61 Å². The smallest absolute Gasteiger partial charge is 0.260 e. The first-order chi connectivity index (χ1) is 13.2. The molecule has 0 radical (unpaired) electrons. The van der Waals surface area contributed by atoms with E-state index in [0.29, 0.717) is 38.5 Å². The Morgan fingerprint density at radius 1 is 1.07 bits per heavy atom. The lowest BCUT2D eigenvalue weighted by molar-refractivity contribution is -0.141. The Morgan fingerprint density at radius 3 is 2.52 bits per heavy atom. The zero-order valence-corrected chi connectivity index (χ0v) is 16.2. The third kappa shape index (κ3) is 5.45. The third-order valence-corrected chi connectivity index (χ3v) is 5.19. The maximum atomic E-state index is 12.5. The average Bonchev–Trinajstić information content (AvgIpc) is 3.11. The van der Waals surface area contributed by atoms with Crippen LogP contribution >= 0.6 is 0 Å². The molecule has 1 aromatic carbocycles. The molecule has 0 aliphatic carbocycles. The molecule has 0 aromatic heterocycles. The quantitative estimate of drug-likeness (QED) is 0.766. The van der Waals surface area contributed by atoms with Gasteiger partial charge in [-0.3, -0.25) is 9.59 Å². The highest BCUT2D eigenvalue weighted by molar-refractivity contribution is 5.81. The maximum absolute atomic E-state index is 12.5. The molecule has 27 heavy (non-hydrogen) atoms. The summed E-state index contributed by atoms with van der Waals surface area (Å²) in [5.74, 6) is 0.762. The van der Waals surface area contributed by atoms with Gasteiger partial charge in [0.1, 0.15) is 11.9 Å². The van der Waals surface area contributed by atoms with Crippen molar-refractivity contribution in [1.29, 1.82) is 0 Å². The Labute approximate surface area is 161 Å². The fraction of sp³-hybridized carbons (Fsp3) is 0.619. The number of carbonyl (C=O) groups is 2. The van der Waals surface area contributed by atoms with E-state index in [1.807, 2.05) is 29.2 Å². The number of benzene rings is 1. The summed E-state index contributed by atoms with van der Waals surface area (Å²) < 4.78 is 11.2. The largest absolute Gasteiger partial charge is 0.484 e. The normalized spacial score (nSPS) is 20.4. The molecule has 6 heteroatoms. The van der Waals surface area contributed by atoms with Crippen molar-refractivity contribution in [3.8, 4) is 5.75 Å². The summed E-state index contributed by atoms with van der Waals surface area (Å²) >= 11 is 0. The van der Waals surface area contributed by atoms with Gasteiger partial charge in [-0.15, -0.1) is 0 Å². The van der Waals surface area contributed by atoms with E-state index in [4.69, 9.17) is 9.47 Å². The molecule has 2 aliphatic heterocycles. The van der Waals surface area contributed by atoms with Gasteiger partial charge in [-0.2, -0.15) is 0 Å². The van der Waals surface area contributed by atoms with Crippen LogP contribution in [0, 0.1) is 0 Å². The Hall–Kier alpha value is -2.08. The van der Waals surface area contributed by atoms with E-state index in [9.17, 15) is 9.59 Å². The molecular weight excluding hydrogens is 344 g/mol. The summed E-state index contributed by atoms with van der Waals surface area (Å²) in [6.07, 6.45) is 4.42. The van der Waals surface area contributed by atoms with Crippen LogP contribution in [0.5, 0.6) is 5.75 Å². The molecule has 6 nitrogen and oxygen atoms in total. The minimum absolute atomic E-state index is 0.0287. The highest BCUT2D eigenvalue weighted by atomic mass is 16.5. The minimum Gasteiger partial charge on any atom is -0.484 e. The first-order valence-corrected chi connectivity index (χ1v) is 10.1. The molecule has 0 spiro atoms. The first kappa shape index (κ1) is 19.7. The molecule has 3 rings (SSSR count). The van der Waals surface area contributed by atoms with E-state index in [-0.39, 0.29) is 24.5 Å². The molecule has 148 valence electrons. The fourth-order valence-electron chi connectivity index (χ4n) is 3.64. The summed E-state index contributed by atoms with van der Waals surface area (Å²) in [7, 11) is 0. The van der Waals surface area contributed by atoms with Crippen molar-refractivity contribution in [1.82, 2.24) is 9.80 Å². The van der Waals surface area contributed by atoms with E-state index < -0.39 is 0 Å². The van der Waals surface area contributed by atoms with E-state index in [2.05, 4.69) is 6.92 Å². The number of carbonyl (C=O) groups excluding carboxylic acids is 2. The van der Waals surface area contributed by atoms with Gasteiger partial charge in [0.25, 0.3) is 11.8 Å². The van der Waals surface area contributed by atoms with Crippen molar-refractivity contribution >= 4 is 11.8 Å². The fourth-order valence-corrected chi connectivity index (χ4v) is 3.64. The predicted molar refractivity (Wildman–Crippen MR) is 103 cm³/mol. The molecule has 2 amide bonds. The predicted octanol–water partition coefficient (Wildman–Crippen LogP) is 2.26. The number of nitrogens with zero attached hydrogens (tertiary/aromatic N) is 2. The van der Waals surface area contributed by atoms with Crippen LogP contribution in [0.1, 0.15) is 38.2 Å². The number of amides is 2. The number of aryl methyl sites for hydroxylation is 1. The number of rotatable bonds is 6. The molecule has 2 heterocycles. The van der Waals surface area contributed by atoms with Crippen molar-refractivity contribution in [2.24, 2.45) is 0 Å². The molecule has 0 saturated carbocycles. The van der Waals surface area contributed by atoms with Gasteiger partial charge in [0.2, 0.25) is 0 Å². The molecule has 0 N–H and O–H groups in total. The minimum atomic E-state index is -0.286. The highest BCUT2D eigenvalue weighted by Gasteiger charge is 2.30. The maximum Gasteiger partial charge on any atom is 0.260 e. The van der Waals surface area contributed by atoms with Crippen LogP contribution in [-0.4, -0.2) is 67.1 Å². The third-order valence-electron chi connectivity index (χ3n) is 5.19. The molecule has 1 atom stereocenters. The van der Waals surface area contributed by atoms with Crippen LogP contribution in [0.15, 0.2) is 24.3 Å². The van der Waals surface area contributed by atoms with Gasteiger partial charge >= 0.3 is 0 Å². The molecule has 2 aliphatic rings.